The molecule has 0 unspecified atom stereocenters. The fourth-order valence-corrected chi connectivity index (χ4v) is 2.59. The summed E-state index contributed by atoms with van der Waals surface area (Å²) < 4.78 is 5.05. The van der Waals surface area contributed by atoms with Crippen molar-refractivity contribution in [3.8, 4) is 11.3 Å². The molecule has 0 spiro atoms. The van der Waals surface area contributed by atoms with Gasteiger partial charge < -0.3 is 10.5 Å². The Morgan fingerprint density at radius 1 is 1.28 bits per heavy atom. The first-order valence-corrected chi connectivity index (χ1v) is 6.94. The second-order valence-corrected chi connectivity index (χ2v) is 5.07. The maximum absolute atomic E-state index is 5.59. The molecule has 1 aromatic carbocycles. The van der Waals surface area contributed by atoms with Gasteiger partial charge in [-0.3, -0.25) is 0 Å². The number of thiazole rings is 1. The molecule has 0 radical (unpaired) electrons. The topological polar surface area (TPSA) is 48.1 Å². The number of hydrogen-bond acceptors (Lipinski definition) is 4. The third-order valence-electron chi connectivity index (χ3n) is 2.78. The molecule has 0 aliphatic rings. The quantitative estimate of drug-likeness (QED) is 0.814. The van der Waals surface area contributed by atoms with Gasteiger partial charge in [0.25, 0.3) is 0 Å². The summed E-state index contributed by atoms with van der Waals surface area (Å²) in [6, 6.07) is 8.27. The molecule has 0 saturated heterocycles. The monoisotopic (exact) mass is 262 g/mol. The minimum absolute atomic E-state index is 0.583. The molecule has 1 heterocycles. The molecule has 96 valence electrons. The minimum atomic E-state index is 0.583. The van der Waals surface area contributed by atoms with E-state index in [0.29, 0.717) is 6.54 Å². The first-order valence-electron chi connectivity index (χ1n) is 6.06. The van der Waals surface area contributed by atoms with Crippen molar-refractivity contribution in [3.05, 3.63) is 40.2 Å². The van der Waals surface area contributed by atoms with Crippen LogP contribution in [0, 0.1) is 0 Å². The van der Waals surface area contributed by atoms with Gasteiger partial charge in [0.15, 0.2) is 0 Å². The van der Waals surface area contributed by atoms with Crippen LogP contribution in [0.3, 0.4) is 0 Å². The molecule has 0 fully saturated rings. The summed E-state index contributed by atoms with van der Waals surface area (Å²) in [6.07, 6.45) is 2.01. The molecule has 0 aliphatic heterocycles. The fraction of sp³-hybridized carbons (Fsp3) is 0.357. The number of nitrogens with zero attached hydrogens (tertiary/aromatic N) is 1. The van der Waals surface area contributed by atoms with Crippen LogP contribution in [0.1, 0.15) is 17.0 Å². The number of aromatic nitrogens is 1. The van der Waals surface area contributed by atoms with Gasteiger partial charge in [-0.25, -0.2) is 4.98 Å². The van der Waals surface area contributed by atoms with Gasteiger partial charge in [-0.15, -0.1) is 11.3 Å². The van der Waals surface area contributed by atoms with Crippen molar-refractivity contribution in [1.82, 2.24) is 4.98 Å². The second-order valence-electron chi connectivity index (χ2n) is 4.12. The van der Waals surface area contributed by atoms with Gasteiger partial charge in [-0.05, 0) is 12.0 Å². The van der Waals surface area contributed by atoms with E-state index in [1.165, 1.54) is 5.01 Å². The molecule has 3 nitrogen and oxygen atoms in total. The van der Waals surface area contributed by atoms with E-state index in [-0.39, 0.29) is 0 Å². The number of benzene rings is 1. The van der Waals surface area contributed by atoms with E-state index in [0.717, 1.165) is 36.3 Å². The Hall–Kier alpha value is -1.23. The predicted octanol–water partition coefficient (Wildman–Crippen LogP) is 2.85. The Morgan fingerprint density at radius 2 is 2.06 bits per heavy atom. The lowest BCUT2D eigenvalue weighted by Gasteiger charge is -1.99. The highest BCUT2D eigenvalue weighted by molar-refractivity contribution is 7.09. The number of nitrogens with two attached hydrogens (primary N) is 1. The number of rotatable bonds is 6. The maximum Gasteiger partial charge on any atom is 0.0933 e. The van der Waals surface area contributed by atoms with E-state index in [9.17, 15) is 0 Å². The molecular formula is C14H18N2OS. The first kappa shape index (κ1) is 13.2. The number of hydrogen-bond donors (Lipinski definition) is 1. The zero-order chi connectivity index (χ0) is 12.8. The summed E-state index contributed by atoms with van der Waals surface area (Å²) in [4.78, 5) is 4.64. The Bertz CT molecular complexity index is 479. The second kappa shape index (κ2) is 6.64. The highest BCUT2D eigenvalue weighted by Crippen LogP contribution is 2.22. The van der Waals surface area contributed by atoms with E-state index < -0.39 is 0 Å². The zero-order valence-electron chi connectivity index (χ0n) is 10.6. The third-order valence-corrected chi connectivity index (χ3v) is 3.68. The molecule has 18 heavy (non-hydrogen) atoms. The predicted molar refractivity (Wildman–Crippen MR) is 75.6 cm³/mol. The standard InChI is InChI=1S/C14H18N2OS/c1-17-8-2-3-14-16-13(10-18-14)12-6-4-11(9-15)5-7-12/h4-7,10H,2-3,8-9,15H2,1H3. The maximum atomic E-state index is 5.59. The lowest BCUT2D eigenvalue weighted by atomic mass is 10.1. The molecule has 2 rings (SSSR count). The molecular weight excluding hydrogens is 244 g/mol. The van der Waals surface area contributed by atoms with Crippen LogP contribution >= 0.6 is 11.3 Å². The molecule has 0 aliphatic carbocycles. The highest BCUT2D eigenvalue weighted by Gasteiger charge is 2.04. The van der Waals surface area contributed by atoms with Gasteiger partial charge >= 0.3 is 0 Å². The number of aryl methyl sites for hydroxylation is 1. The lowest BCUT2D eigenvalue weighted by Crippen LogP contribution is -1.95. The summed E-state index contributed by atoms with van der Waals surface area (Å²) in [5, 5.41) is 3.28. The third kappa shape index (κ3) is 3.38. The Labute approximate surface area is 112 Å². The van der Waals surface area contributed by atoms with Crippen LogP contribution in [0.25, 0.3) is 11.3 Å². The van der Waals surface area contributed by atoms with Crippen LogP contribution in [-0.2, 0) is 17.7 Å². The molecule has 2 aromatic rings. The Balaban J connectivity index is 2.04. The minimum Gasteiger partial charge on any atom is -0.385 e. The number of ether oxygens (including phenoxy) is 1. The molecule has 0 atom stereocenters. The molecule has 0 saturated carbocycles. The van der Waals surface area contributed by atoms with Crippen molar-refractivity contribution in [2.75, 3.05) is 13.7 Å². The van der Waals surface area contributed by atoms with E-state index in [4.69, 9.17) is 10.5 Å². The van der Waals surface area contributed by atoms with E-state index in [2.05, 4.69) is 34.6 Å². The SMILES string of the molecule is COCCCc1nc(-c2ccc(CN)cc2)cs1. The normalized spacial score (nSPS) is 10.8. The van der Waals surface area contributed by atoms with Crippen molar-refractivity contribution in [3.63, 3.8) is 0 Å². The highest BCUT2D eigenvalue weighted by atomic mass is 32.1. The number of methoxy groups -OCH3 is 1. The van der Waals surface area contributed by atoms with Gasteiger partial charge in [0.05, 0.1) is 10.7 Å². The van der Waals surface area contributed by atoms with Gasteiger partial charge in [-0.2, -0.15) is 0 Å². The average molecular weight is 262 g/mol. The van der Waals surface area contributed by atoms with Crippen LogP contribution in [0.5, 0.6) is 0 Å². The van der Waals surface area contributed by atoms with Crippen molar-refractivity contribution < 1.29 is 4.74 Å². The lowest BCUT2D eigenvalue weighted by molar-refractivity contribution is 0.195. The largest absolute Gasteiger partial charge is 0.385 e. The molecule has 0 bridgehead atoms. The van der Waals surface area contributed by atoms with Gasteiger partial charge in [-0.1, -0.05) is 24.3 Å². The van der Waals surface area contributed by atoms with Crippen molar-refractivity contribution in [1.29, 1.82) is 0 Å². The summed E-state index contributed by atoms with van der Waals surface area (Å²) in [7, 11) is 1.73. The Morgan fingerprint density at radius 3 is 2.72 bits per heavy atom. The van der Waals surface area contributed by atoms with Crippen molar-refractivity contribution >= 4 is 11.3 Å². The van der Waals surface area contributed by atoms with Crippen LogP contribution in [0.4, 0.5) is 0 Å². The van der Waals surface area contributed by atoms with Crippen LogP contribution in [0.2, 0.25) is 0 Å². The van der Waals surface area contributed by atoms with Crippen LogP contribution < -0.4 is 5.73 Å². The Kier molecular flexibility index (Phi) is 4.87. The summed E-state index contributed by atoms with van der Waals surface area (Å²) >= 11 is 1.71. The van der Waals surface area contributed by atoms with E-state index in [1.54, 1.807) is 18.4 Å². The van der Waals surface area contributed by atoms with E-state index >= 15 is 0 Å². The average Bonchev–Trinajstić information content (AvgIpc) is 2.88. The van der Waals surface area contributed by atoms with Gasteiger partial charge in [0.2, 0.25) is 0 Å². The van der Waals surface area contributed by atoms with Crippen LogP contribution in [0.15, 0.2) is 29.6 Å². The smallest absolute Gasteiger partial charge is 0.0933 e. The van der Waals surface area contributed by atoms with E-state index in [1.807, 2.05) is 0 Å². The van der Waals surface area contributed by atoms with Gasteiger partial charge in [0.1, 0.15) is 0 Å². The summed E-state index contributed by atoms with van der Waals surface area (Å²) in [5.74, 6) is 0. The van der Waals surface area contributed by atoms with Crippen molar-refractivity contribution in [2.24, 2.45) is 5.73 Å². The van der Waals surface area contributed by atoms with Crippen LogP contribution in [-0.4, -0.2) is 18.7 Å². The first-order chi connectivity index (χ1) is 8.83. The molecule has 2 N–H and O–H groups in total. The molecule has 4 heteroatoms. The molecule has 1 aromatic heterocycles. The zero-order valence-corrected chi connectivity index (χ0v) is 11.4. The van der Waals surface area contributed by atoms with Gasteiger partial charge in [0, 0.05) is 37.6 Å². The van der Waals surface area contributed by atoms with Crippen molar-refractivity contribution in [2.45, 2.75) is 19.4 Å². The molecule has 0 amide bonds. The summed E-state index contributed by atoms with van der Waals surface area (Å²) in [6.45, 7) is 1.37. The fourth-order valence-electron chi connectivity index (χ4n) is 1.74. The summed E-state index contributed by atoms with van der Waals surface area (Å²) in [5.41, 5.74) is 8.94.